The van der Waals surface area contributed by atoms with Gasteiger partial charge in [-0.15, -0.1) is 0 Å². The van der Waals surface area contributed by atoms with E-state index in [0.717, 1.165) is 10.6 Å². The van der Waals surface area contributed by atoms with Gasteiger partial charge in [0.2, 0.25) is 10.0 Å². The highest BCUT2D eigenvalue weighted by atomic mass is 32.2. The Morgan fingerprint density at radius 1 is 1.33 bits per heavy atom. The minimum atomic E-state index is -3.53. The average molecular weight is 267 g/mol. The van der Waals surface area contributed by atoms with Crippen molar-refractivity contribution in [3.8, 4) is 0 Å². The number of hydrogen-bond donors (Lipinski definition) is 1. The van der Waals surface area contributed by atoms with Crippen molar-refractivity contribution in [3.05, 3.63) is 35.4 Å². The van der Waals surface area contributed by atoms with Crippen LogP contribution in [0.25, 0.3) is 6.08 Å². The van der Waals surface area contributed by atoms with Crippen molar-refractivity contribution in [1.82, 2.24) is 0 Å². The smallest absolute Gasteiger partial charge is 0.333 e. The number of rotatable bonds is 2. The molecule has 1 aliphatic heterocycles. The summed E-state index contributed by atoms with van der Waals surface area (Å²) in [5.41, 5.74) is 1.18. The van der Waals surface area contributed by atoms with Crippen LogP contribution < -0.4 is 4.31 Å². The number of para-hydroxylation sites is 1. The molecule has 0 bridgehead atoms. The number of fused-ring (bicyclic) bond motifs is 1. The van der Waals surface area contributed by atoms with Crippen LogP contribution in [0.15, 0.2) is 29.8 Å². The second-order valence-electron chi connectivity index (χ2n) is 4.20. The predicted molar refractivity (Wildman–Crippen MR) is 68.8 cm³/mol. The average Bonchev–Trinajstić information content (AvgIpc) is 2.25. The molecular weight excluding hydrogens is 254 g/mol. The van der Waals surface area contributed by atoms with E-state index >= 15 is 0 Å². The number of hydrogen-bond acceptors (Lipinski definition) is 3. The first-order valence-electron chi connectivity index (χ1n) is 5.35. The molecule has 96 valence electrons. The first-order chi connectivity index (χ1) is 8.32. The zero-order valence-corrected chi connectivity index (χ0v) is 10.8. The molecule has 2 rings (SSSR count). The number of sulfonamides is 1. The van der Waals surface area contributed by atoms with Crippen LogP contribution in [0, 0.1) is 0 Å². The van der Waals surface area contributed by atoms with Crippen LogP contribution in [0.4, 0.5) is 5.69 Å². The van der Waals surface area contributed by atoms with Crippen LogP contribution in [-0.4, -0.2) is 31.8 Å². The van der Waals surface area contributed by atoms with Gasteiger partial charge in [0.25, 0.3) is 0 Å². The van der Waals surface area contributed by atoms with E-state index in [9.17, 15) is 13.2 Å². The van der Waals surface area contributed by atoms with Crippen molar-refractivity contribution in [1.29, 1.82) is 0 Å². The van der Waals surface area contributed by atoms with Gasteiger partial charge < -0.3 is 5.11 Å². The molecule has 1 aliphatic rings. The van der Waals surface area contributed by atoms with Gasteiger partial charge in [0.05, 0.1) is 23.6 Å². The summed E-state index contributed by atoms with van der Waals surface area (Å²) >= 11 is 0. The molecule has 0 fully saturated rings. The Morgan fingerprint density at radius 3 is 2.50 bits per heavy atom. The minimum absolute atomic E-state index is 0.0686. The summed E-state index contributed by atoms with van der Waals surface area (Å²) in [6.07, 6.45) is 2.59. The SMILES string of the molecule is C[C@@H]1C(C(=O)O)=Cc2ccccc2N1S(C)(=O)=O. The molecule has 0 unspecified atom stereocenters. The second kappa shape index (κ2) is 4.13. The van der Waals surface area contributed by atoms with Crippen LogP contribution in [0.1, 0.15) is 12.5 Å². The monoisotopic (exact) mass is 267 g/mol. The van der Waals surface area contributed by atoms with Gasteiger partial charge in [-0.05, 0) is 24.6 Å². The van der Waals surface area contributed by atoms with Gasteiger partial charge >= 0.3 is 5.97 Å². The predicted octanol–water partition coefficient (Wildman–Crippen LogP) is 1.32. The zero-order valence-electron chi connectivity index (χ0n) is 9.99. The van der Waals surface area contributed by atoms with E-state index in [2.05, 4.69) is 0 Å². The summed E-state index contributed by atoms with van der Waals surface area (Å²) in [4.78, 5) is 11.2. The van der Waals surface area contributed by atoms with Gasteiger partial charge in [-0.2, -0.15) is 0 Å². The Balaban J connectivity index is 2.71. The third kappa shape index (κ3) is 1.99. The Morgan fingerprint density at radius 2 is 1.94 bits per heavy atom. The van der Waals surface area contributed by atoms with Crippen molar-refractivity contribution < 1.29 is 18.3 Å². The maximum Gasteiger partial charge on any atom is 0.333 e. The normalized spacial score (nSPS) is 19.1. The number of carboxylic acids is 1. The Hall–Kier alpha value is -1.82. The lowest BCUT2D eigenvalue weighted by molar-refractivity contribution is -0.132. The third-order valence-electron chi connectivity index (χ3n) is 2.89. The number of carboxylic acid groups (broad SMARTS) is 1. The minimum Gasteiger partial charge on any atom is -0.478 e. The Labute approximate surface area is 105 Å². The lowest BCUT2D eigenvalue weighted by Gasteiger charge is -2.33. The van der Waals surface area contributed by atoms with E-state index in [-0.39, 0.29) is 5.57 Å². The van der Waals surface area contributed by atoms with E-state index in [4.69, 9.17) is 5.11 Å². The van der Waals surface area contributed by atoms with Gasteiger partial charge in [0.15, 0.2) is 0 Å². The molecule has 0 aliphatic carbocycles. The quantitative estimate of drug-likeness (QED) is 0.877. The number of carbonyl (C=O) groups is 1. The van der Waals surface area contributed by atoms with Gasteiger partial charge in [0.1, 0.15) is 0 Å². The van der Waals surface area contributed by atoms with Crippen molar-refractivity contribution in [2.75, 3.05) is 10.6 Å². The van der Waals surface area contributed by atoms with E-state index in [0.29, 0.717) is 11.3 Å². The van der Waals surface area contributed by atoms with Crippen LogP contribution >= 0.6 is 0 Å². The molecule has 1 N–H and O–H groups in total. The fourth-order valence-corrected chi connectivity index (χ4v) is 3.35. The molecule has 1 atom stereocenters. The highest BCUT2D eigenvalue weighted by Crippen LogP contribution is 2.34. The van der Waals surface area contributed by atoms with Gasteiger partial charge in [-0.1, -0.05) is 18.2 Å². The van der Waals surface area contributed by atoms with Crippen molar-refractivity contribution >= 4 is 27.8 Å². The van der Waals surface area contributed by atoms with E-state index in [1.54, 1.807) is 31.2 Å². The van der Waals surface area contributed by atoms with Crippen LogP contribution in [0.2, 0.25) is 0 Å². The van der Waals surface area contributed by atoms with Crippen LogP contribution in [-0.2, 0) is 14.8 Å². The number of anilines is 1. The highest BCUT2D eigenvalue weighted by Gasteiger charge is 2.33. The van der Waals surface area contributed by atoms with E-state index in [1.165, 1.54) is 6.08 Å². The number of aliphatic carboxylic acids is 1. The summed E-state index contributed by atoms with van der Waals surface area (Å²) in [6, 6.07) is 6.12. The molecule has 0 amide bonds. The summed E-state index contributed by atoms with van der Waals surface area (Å²) in [7, 11) is -3.53. The molecule has 0 radical (unpaired) electrons. The molecule has 0 spiro atoms. The standard InChI is InChI=1S/C12H13NO4S/c1-8-10(12(14)15)7-9-5-3-4-6-11(9)13(8)18(2,16)17/h3-8H,1-2H3,(H,14,15)/t8-/m1/s1. The number of nitrogens with zero attached hydrogens (tertiary/aromatic N) is 1. The first kappa shape index (κ1) is 12.6. The molecule has 6 heteroatoms. The molecule has 0 saturated carbocycles. The molecule has 18 heavy (non-hydrogen) atoms. The van der Waals surface area contributed by atoms with Gasteiger partial charge in [0, 0.05) is 0 Å². The van der Waals surface area contributed by atoms with E-state index in [1.807, 2.05) is 0 Å². The topological polar surface area (TPSA) is 74.7 Å². The summed E-state index contributed by atoms with van der Waals surface area (Å²) in [5.74, 6) is -1.11. The summed E-state index contributed by atoms with van der Waals surface area (Å²) in [5, 5.41) is 9.13. The Kier molecular flexibility index (Phi) is 2.90. The fraction of sp³-hybridized carbons (Fsp3) is 0.250. The maximum atomic E-state index is 11.8. The summed E-state index contributed by atoms with van der Waals surface area (Å²) < 4.78 is 24.8. The molecule has 1 heterocycles. The van der Waals surface area contributed by atoms with E-state index < -0.39 is 22.0 Å². The van der Waals surface area contributed by atoms with Gasteiger partial charge in [-0.25, -0.2) is 13.2 Å². The first-order valence-corrected chi connectivity index (χ1v) is 7.20. The van der Waals surface area contributed by atoms with Crippen molar-refractivity contribution in [3.63, 3.8) is 0 Å². The lowest BCUT2D eigenvalue weighted by Crippen LogP contribution is -2.42. The van der Waals surface area contributed by atoms with Gasteiger partial charge in [-0.3, -0.25) is 4.31 Å². The van der Waals surface area contributed by atoms with Crippen molar-refractivity contribution in [2.24, 2.45) is 0 Å². The molecule has 1 aromatic rings. The molecular formula is C12H13NO4S. The summed E-state index contributed by atoms with van der Waals surface area (Å²) in [6.45, 7) is 1.57. The zero-order chi connectivity index (χ0) is 13.5. The lowest BCUT2D eigenvalue weighted by atomic mass is 9.99. The third-order valence-corrected chi connectivity index (χ3v) is 4.12. The van der Waals surface area contributed by atoms with Crippen molar-refractivity contribution in [2.45, 2.75) is 13.0 Å². The molecule has 1 aromatic carbocycles. The largest absolute Gasteiger partial charge is 0.478 e. The number of benzene rings is 1. The highest BCUT2D eigenvalue weighted by molar-refractivity contribution is 7.92. The maximum absolute atomic E-state index is 11.8. The molecule has 5 nitrogen and oxygen atoms in total. The second-order valence-corrected chi connectivity index (χ2v) is 6.06. The molecule has 0 saturated heterocycles. The fourth-order valence-electron chi connectivity index (χ4n) is 2.14. The van der Waals surface area contributed by atoms with Crippen LogP contribution in [0.3, 0.4) is 0 Å². The van der Waals surface area contributed by atoms with Crippen LogP contribution in [0.5, 0.6) is 0 Å². The Bertz CT molecular complexity index is 633. The molecule has 0 aromatic heterocycles.